The van der Waals surface area contributed by atoms with Crippen LogP contribution in [0.2, 0.25) is 5.15 Å². The summed E-state index contributed by atoms with van der Waals surface area (Å²) in [5, 5.41) is 3.61. The minimum atomic E-state index is 0.358. The lowest BCUT2D eigenvalue weighted by Crippen LogP contribution is -1.99. The van der Waals surface area contributed by atoms with Crippen molar-refractivity contribution in [3.05, 3.63) is 39.7 Å². The van der Waals surface area contributed by atoms with Crippen LogP contribution in [-0.4, -0.2) is 9.97 Å². The average molecular weight is 313 g/mol. The fraction of sp³-hybridized carbons (Fsp3) is 0.0909. The molecule has 6 heteroatoms. The molecular formula is C11H7BrClN3O. The van der Waals surface area contributed by atoms with Gasteiger partial charge in [0.2, 0.25) is 0 Å². The molecule has 86 valence electrons. The predicted molar refractivity (Wildman–Crippen MR) is 68.8 cm³/mol. The molecule has 4 nitrogen and oxygen atoms in total. The number of fused-ring (bicyclic) bond motifs is 2. The monoisotopic (exact) mass is 311 g/mol. The van der Waals surface area contributed by atoms with Crippen LogP contribution in [0, 0.1) is 0 Å². The lowest BCUT2D eigenvalue weighted by Gasteiger charge is -2.07. The molecule has 0 amide bonds. The Kier molecular flexibility index (Phi) is 2.64. The normalized spacial score (nSPS) is 12.8. The van der Waals surface area contributed by atoms with Gasteiger partial charge < -0.3 is 10.1 Å². The van der Waals surface area contributed by atoms with Crippen molar-refractivity contribution in [2.45, 2.75) is 6.61 Å². The SMILES string of the molecule is Clc1ncnc2c1COc1ccc(Br)cc1N2. The van der Waals surface area contributed by atoms with Crippen LogP contribution >= 0.6 is 27.5 Å². The van der Waals surface area contributed by atoms with Crippen LogP contribution in [0.4, 0.5) is 11.5 Å². The third-order valence-electron chi connectivity index (χ3n) is 2.46. The van der Waals surface area contributed by atoms with Crippen LogP contribution in [0.5, 0.6) is 5.75 Å². The van der Waals surface area contributed by atoms with E-state index >= 15 is 0 Å². The van der Waals surface area contributed by atoms with Gasteiger partial charge in [-0.2, -0.15) is 0 Å². The molecule has 0 radical (unpaired) electrons. The summed E-state index contributed by atoms with van der Waals surface area (Å²) in [5.41, 5.74) is 1.62. The first-order valence-corrected chi connectivity index (χ1v) is 6.10. The van der Waals surface area contributed by atoms with Gasteiger partial charge in [-0.25, -0.2) is 9.97 Å². The molecular weight excluding hydrogens is 305 g/mol. The molecule has 3 rings (SSSR count). The lowest BCUT2D eigenvalue weighted by molar-refractivity contribution is 0.310. The summed E-state index contributed by atoms with van der Waals surface area (Å²) in [6.07, 6.45) is 1.43. The van der Waals surface area contributed by atoms with Crippen LogP contribution in [-0.2, 0) is 6.61 Å². The number of rotatable bonds is 0. The number of nitrogens with one attached hydrogen (secondary N) is 1. The van der Waals surface area contributed by atoms with Gasteiger partial charge in [0.1, 0.15) is 29.7 Å². The third kappa shape index (κ3) is 1.96. The van der Waals surface area contributed by atoms with E-state index in [1.165, 1.54) is 6.33 Å². The molecule has 0 unspecified atom stereocenters. The van der Waals surface area contributed by atoms with Crippen LogP contribution in [0.1, 0.15) is 5.56 Å². The Balaban J connectivity index is 2.12. The zero-order valence-corrected chi connectivity index (χ0v) is 10.9. The number of hydrogen-bond donors (Lipinski definition) is 1. The quantitative estimate of drug-likeness (QED) is 0.756. The first-order valence-electron chi connectivity index (χ1n) is 4.93. The van der Waals surface area contributed by atoms with Crippen molar-refractivity contribution in [2.75, 3.05) is 5.32 Å². The molecule has 0 fully saturated rings. The Bertz CT molecular complexity index is 591. The van der Waals surface area contributed by atoms with Gasteiger partial charge in [-0.15, -0.1) is 0 Å². The largest absolute Gasteiger partial charge is 0.486 e. The highest BCUT2D eigenvalue weighted by Gasteiger charge is 2.17. The summed E-state index contributed by atoms with van der Waals surface area (Å²) >= 11 is 9.42. The first-order chi connectivity index (χ1) is 8.24. The summed E-state index contributed by atoms with van der Waals surface area (Å²) in [7, 11) is 0. The smallest absolute Gasteiger partial charge is 0.143 e. The van der Waals surface area contributed by atoms with Crippen LogP contribution < -0.4 is 10.1 Å². The standard InChI is InChI=1S/C11H7BrClN3O/c12-6-1-2-9-8(3-6)16-11-7(4-17-9)10(13)14-5-15-11/h1-3,5H,4H2,(H,14,15,16). The molecule has 0 aliphatic carbocycles. The van der Waals surface area contributed by atoms with Crippen molar-refractivity contribution in [3.8, 4) is 5.75 Å². The average Bonchev–Trinajstić information content (AvgIpc) is 2.48. The molecule has 1 aromatic heterocycles. The molecule has 0 saturated heterocycles. The number of ether oxygens (including phenoxy) is 1. The van der Waals surface area contributed by atoms with E-state index in [4.69, 9.17) is 16.3 Å². The van der Waals surface area contributed by atoms with Crippen molar-refractivity contribution in [2.24, 2.45) is 0 Å². The Morgan fingerprint density at radius 2 is 2.24 bits per heavy atom. The van der Waals surface area contributed by atoms with E-state index in [9.17, 15) is 0 Å². The molecule has 1 aliphatic rings. The Morgan fingerprint density at radius 3 is 3.12 bits per heavy atom. The molecule has 0 bridgehead atoms. The lowest BCUT2D eigenvalue weighted by atomic mass is 10.3. The van der Waals surface area contributed by atoms with E-state index in [1.54, 1.807) is 0 Å². The minimum absolute atomic E-state index is 0.358. The van der Waals surface area contributed by atoms with Gasteiger partial charge in [0.25, 0.3) is 0 Å². The number of benzene rings is 1. The molecule has 0 spiro atoms. The van der Waals surface area contributed by atoms with Gasteiger partial charge in [-0.05, 0) is 18.2 Å². The van der Waals surface area contributed by atoms with Crippen molar-refractivity contribution >= 4 is 39.0 Å². The Morgan fingerprint density at radius 1 is 1.35 bits per heavy atom. The zero-order chi connectivity index (χ0) is 11.8. The summed E-state index contributed by atoms with van der Waals surface area (Å²) in [4.78, 5) is 8.11. The maximum Gasteiger partial charge on any atom is 0.143 e. The van der Waals surface area contributed by atoms with Crippen LogP contribution in [0.25, 0.3) is 0 Å². The second-order valence-corrected chi connectivity index (χ2v) is 4.82. The van der Waals surface area contributed by atoms with E-state index < -0.39 is 0 Å². The van der Waals surface area contributed by atoms with Gasteiger partial charge in [-0.1, -0.05) is 27.5 Å². The highest BCUT2D eigenvalue weighted by Crippen LogP contribution is 2.36. The van der Waals surface area contributed by atoms with Crippen molar-refractivity contribution < 1.29 is 4.74 Å². The molecule has 17 heavy (non-hydrogen) atoms. The molecule has 1 aliphatic heterocycles. The summed E-state index contributed by atoms with van der Waals surface area (Å²) in [6.45, 7) is 0.358. The summed E-state index contributed by atoms with van der Waals surface area (Å²) < 4.78 is 6.63. The second kappa shape index (κ2) is 4.16. The molecule has 2 aromatic rings. The Hall–Kier alpha value is -1.33. The number of nitrogens with zero attached hydrogens (tertiary/aromatic N) is 2. The van der Waals surface area contributed by atoms with Gasteiger partial charge >= 0.3 is 0 Å². The predicted octanol–water partition coefficient (Wildman–Crippen LogP) is 3.53. The molecule has 2 heterocycles. The van der Waals surface area contributed by atoms with Gasteiger partial charge in [0, 0.05) is 4.47 Å². The highest BCUT2D eigenvalue weighted by atomic mass is 79.9. The van der Waals surface area contributed by atoms with Gasteiger partial charge in [0.15, 0.2) is 0 Å². The number of hydrogen-bond acceptors (Lipinski definition) is 4. The minimum Gasteiger partial charge on any atom is -0.486 e. The first kappa shape index (κ1) is 10.8. The van der Waals surface area contributed by atoms with Gasteiger partial charge in [-0.3, -0.25) is 0 Å². The molecule has 0 saturated carbocycles. The summed E-state index contributed by atoms with van der Waals surface area (Å²) in [5.74, 6) is 1.45. The molecule has 0 atom stereocenters. The van der Waals surface area contributed by atoms with Crippen molar-refractivity contribution in [1.82, 2.24) is 9.97 Å². The van der Waals surface area contributed by atoms with E-state index in [-0.39, 0.29) is 0 Å². The maximum atomic E-state index is 6.01. The van der Waals surface area contributed by atoms with Crippen molar-refractivity contribution in [3.63, 3.8) is 0 Å². The number of aromatic nitrogens is 2. The number of halogens is 2. The fourth-order valence-electron chi connectivity index (χ4n) is 1.63. The van der Waals surface area contributed by atoms with E-state index in [2.05, 4.69) is 31.2 Å². The van der Waals surface area contributed by atoms with Crippen LogP contribution in [0.15, 0.2) is 29.0 Å². The zero-order valence-electron chi connectivity index (χ0n) is 8.58. The van der Waals surface area contributed by atoms with Crippen LogP contribution in [0.3, 0.4) is 0 Å². The van der Waals surface area contributed by atoms with Crippen molar-refractivity contribution in [1.29, 1.82) is 0 Å². The van der Waals surface area contributed by atoms with E-state index in [0.717, 1.165) is 21.5 Å². The van der Waals surface area contributed by atoms with Gasteiger partial charge in [0.05, 0.1) is 11.3 Å². The van der Waals surface area contributed by atoms with E-state index in [1.807, 2.05) is 18.2 Å². The topological polar surface area (TPSA) is 47.0 Å². The maximum absolute atomic E-state index is 6.01. The third-order valence-corrected chi connectivity index (χ3v) is 3.28. The summed E-state index contributed by atoms with van der Waals surface area (Å²) in [6, 6.07) is 5.74. The molecule has 1 N–H and O–H groups in total. The Labute approximate surface area is 111 Å². The van der Waals surface area contributed by atoms with E-state index in [0.29, 0.717) is 17.6 Å². The number of anilines is 2. The second-order valence-electron chi connectivity index (χ2n) is 3.55. The molecule has 1 aromatic carbocycles. The fourth-order valence-corrected chi connectivity index (χ4v) is 2.18. The highest BCUT2D eigenvalue weighted by molar-refractivity contribution is 9.10.